The summed E-state index contributed by atoms with van der Waals surface area (Å²) in [5, 5.41) is 0. The van der Waals surface area contributed by atoms with Crippen LogP contribution in [-0.4, -0.2) is 25.5 Å². The molecule has 164 valence electrons. The fourth-order valence-electron chi connectivity index (χ4n) is 4.46. The summed E-state index contributed by atoms with van der Waals surface area (Å²) in [6.07, 6.45) is 4.70. The molecule has 0 heterocycles. The van der Waals surface area contributed by atoms with Crippen molar-refractivity contribution in [3.8, 4) is 16.9 Å². The topological polar surface area (TPSA) is 12.5 Å². The number of ether oxygens (including phenoxy) is 1. The summed E-state index contributed by atoms with van der Waals surface area (Å²) in [6, 6.07) is 24.2. The van der Waals surface area contributed by atoms with Gasteiger partial charge >= 0.3 is 0 Å². The number of aryl methyl sites for hydroxylation is 2. The van der Waals surface area contributed by atoms with Gasteiger partial charge in [-0.3, -0.25) is 0 Å². The van der Waals surface area contributed by atoms with Crippen molar-refractivity contribution in [3.05, 3.63) is 89.0 Å². The molecule has 3 aromatic rings. The Morgan fingerprint density at radius 1 is 0.839 bits per heavy atom. The van der Waals surface area contributed by atoms with Crippen molar-refractivity contribution in [1.29, 1.82) is 0 Å². The van der Waals surface area contributed by atoms with Crippen molar-refractivity contribution >= 4 is 12.4 Å². The van der Waals surface area contributed by atoms with Crippen LogP contribution in [-0.2, 0) is 25.9 Å². The predicted octanol–water partition coefficient (Wildman–Crippen LogP) is 6.58. The molecule has 0 spiro atoms. The van der Waals surface area contributed by atoms with Crippen molar-refractivity contribution < 1.29 is 4.74 Å². The Kier molecular flexibility index (Phi) is 8.17. The molecule has 2 nitrogen and oxygen atoms in total. The highest BCUT2D eigenvalue weighted by molar-refractivity contribution is 5.85. The van der Waals surface area contributed by atoms with E-state index < -0.39 is 0 Å². The summed E-state index contributed by atoms with van der Waals surface area (Å²) in [7, 11) is 4.34. The van der Waals surface area contributed by atoms with Gasteiger partial charge in [-0.2, -0.15) is 0 Å². The van der Waals surface area contributed by atoms with Crippen molar-refractivity contribution in [1.82, 2.24) is 4.90 Å². The van der Waals surface area contributed by atoms with Crippen LogP contribution in [0.2, 0.25) is 0 Å². The standard InChI is InChI=1S/C28H33NO.ClH/c1-4-21-5-10-24(11-6-21)25-12-7-22(8-13-25)20-30-28-16-15-26-17-23(19-29(2)3)9-14-27(26)18-28;/h5-8,10-13,15-16,18,23H,4,9,14,17,19-20H2,1-3H3;1H. The van der Waals surface area contributed by atoms with Gasteiger partial charge in [0.25, 0.3) is 0 Å². The van der Waals surface area contributed by atoms with Crippen LogP contribution in [0.25, 0.3) is 11.1 Å². The van der Waals surface area contributed by atoms with Crippen LogP contribution >= 0.6 is 12.4 Å². The second kappa shape index (κ2) is 10.8. The first-order chi connectivity index (χ1) is 14.6. The molecule has 0 aromatic heterocycles. The maximum Gasteiger partial charge on any atom is 0.120 e. The summed E-state index contributed by atoms with van der Waals surface area (Å²) in [6.45, 7) is 3.97. The average Bonchev–Trinajstić information content (AvgIpc) is 2.77. The Hall–Kier alpha value is -2.29. The normalized spacial score (nSPS) is 15.3. The molecule has 0 fully saturated rings. The van der Waals surface area contributed by atoms with Gasteiger partial charge in [-0.05, 0) is 91.2 Å². The molecule has 4 rings (SSSR count). The largest absolute Gasteiger partial charge is 0.489 e. The first-order valence-corrected chi connectivity index (χ1v) is 11.2. The van der Waals surface area contributed by atoms with Crippen molar-refractivity contribution in [2.75, 3.05) is 20.6 Å². The van der Waals surface area contributed by atoms with E-state index in [0.29, 0.717) is 6.61 Å². The Morgan fingerprint density at radius 3 is 2.10 bits per heavy atom. The molecule has 0 saturated carbocycles. The molecule has 1 aliphatic rings. The number of halogens is 1. The smallest absolute Gasteiger partial charge is 0.120 e. The van der Waals surface area contributed by atoms with Gasteiger partial charge < -0.3 is 9.64 Å². The molecule has 1 aliphatic carbocycles. The SMILES string of the molecule is CCc1ccc(-c2ccc(COc3ccc4c(c3)CCC(CN(C)C)C4)cc2)cc1.Cl. The van der Waals surface area contributed by atoms with Crippen molar-refractivity contribution in [3.63, 3.8) is 0 Å². The Balaban J connectivity index is 0.00000272. The van der Waals surface area contributed by atoms with Crippen LogP contribution in [0.5, 0.6) is 5.75 Å². The van der Waals surface area contributed by atoms with Gasteiger partial charge in [0.1, 0.15) is 12.4 Å². The average molecular weight is 436 g/mol. The molecule has 0 saturated heterocycles. The number of nitrogens with zero attached hydrogens (tertiary/aromatic N) is 1. The van der Waals surface area contributed by atoms with E-state index in [1.54, 1.807) is 0 Å². The second-order valence-corrected chi connectivity index (χ2v) is 8.84. The molecule has 0 radical (unpaired) electrons. The van der Waals surface area contributed by atoms with Gasteiger partial charge in [-0.25, -0.2) is 0 Å². The number of hydrogen-bond donors (Lipinski definition) is 0. The third kappa shape index (κ3) is 6.12. The lowest BCUT2D eigenvalue weighted by molar-refractivity contribution is 0.297. The first-order valence-electron chi connectivity index (χ1n) is 11.2. The van der Waals surface area contributed by atoms with E-state index in [2.05, 4.69) is 92.6 Å². The van der Waals surface area contributed by atoms with E-state index in [-0.39, 0.29) is 12.4 Å². The molecule has 3 heteroatoms. The predicted molar refractivity (Wildman–Crippen MR) is 133 cm³/mol. The van der Waals surface area contributed by atoms with Crippen LogP contribution in [0.4, 0.5) is 0 Å². The number of rotatable bonds is 7. The zero-order valence-corrected chi connectivity index (χ0v) is 19.8. The maximum atomic E-state index is 6.12. The molecule has 1 unspecified atom stereocenters. The highest BCUT2D eigenvalue weighted by Gasteiger charge is 2.19. The number of fused-ring (bicyclic) bond motifs is 1. The van der Waals surface area contributed by atoms with Gasteiger partial charge in [0.15, 0.2) is 0 Å². The summed E-state index contributed by atoms with van der Waals surface area (Å²) in [5.74, 6) is 1.76. The van der Waals surface area contributed by atoms with Crippen LogP contribution in [0.3, 0.4) is 0 Å². The Bertz CT molecular complexity index is 963. The molecule has 1 atom stereocenters. The molecule has 0 N–H and O–H groups in total. The fourth-order valence-corrected chi connectivity index (χ4v) is 4.46. The molecule has 0 amide bonds. The van der Waals surface area contributed by atoms with E-state index in [9.17, 15) is 0 Å². The van der Waals surface area contributed by atoms with Gasteiger partial charge in [0, 0.05) is 6.54 Å². The number of benzene rings is 3. The third-order valence-corrected chi connectivity index (χ3v) is 6.19. The van der Waals surface area contributed by atoms with Crippen LogP contribution in [0.15, 0.2) is 66.7 Å². The second-order valence-electron chi connectivity index (χ2n) is 8.84. The summed E-state index contributed by atoms with van der Waals surface area (Å²) in [4.78, 5) is 2.30. The van der Waals surface area contributed by atoms with Gasteiger partial charge in [0.2, 0.25) is 0 Å². The van der Waals surface area contributed by atoms with Gasteiger partial charge in [-0.1, -0.05) is 61.5 Å². The zero-order valence-electron chi connectivity index (χ0n) is 18.9. The monoisotopic (exact) mass is 435 g/mol. The van der Waals surface area contributed by atoms with Gasteiger partial charge in [0.05, 0.1) is 0 Å². The van der Waals surface area contributed by atoms with Crippen molar-refractivity contribution in [2.24, 2.45) is 5.92 Å². The molecular formula is C28H34ClNO. The quantitative estimate of drug-likeness (QED) is 0.415. The molecule has 31 heavy (non-hydrogen) atoms. The van der Waals surface area contributed by atoms with Gasteiger partial charge in [-0.15, -0.1) is 12.4 Å². The summed E-state index contributed by atoms with van der Waals surface area (Å²) >= 11 is 0. The van der Waals surface area contributed by atoms with Crippen molar-refractivity contribution in [2.45, 2.75) is 39.2 Å². The molecule has 3 aromatic carbocycles. The lowest BCUT2D eigenvalue weighted by atomic mass is 9.83. The summed E-state index contributed by atoms with van der Waals surface area (Å²) in [5.41, 5.74) is 8.06. The van der Waals surface area contributed by atoms with E-state index >= 15 is 0 Å². The lowest BCUT2D eigenvalue weighted by Gasteiger charge is -2.27. The molecular weight excluding hydrogens is 402 g/mol. The first kappa shape index (κ1) is 23.4. The van der Waals surface area contributed by atoms with Crippen LogP contribution in [0.1, 0.15) is 35.6 Å². The minimum atomic E-state index is 0. The van der Waals surface area contributed by atoms with Crippen LogP contribution in [0, 0.1) is 5.92 Å². The number of hydrogen-bond acceptors (Lipinski definition) is 2. The highest BCUT2D eigenvalue weighted by Crippen LogP contribution is 2.29. The van der Waals surface area contributed by atoms with Crippen LogP contribution < -0.4 is 4.74 Å². The molecule has 0 aliphatic heterocycles. The Morgan fingerprint density at radius 2 is 1.48 bits per heavy atom. The Labute approximate surface area is 193 Å². The maximum absolute atomic E-state index is 6.12. The minimum Gasteiger partial charge on any atom is -0.489 e. The zero-order chi connectivity index (χ0) is 20.9. The third-order valence-electron chi connectivity index (χ3n) is 6.19. The fraction of sp³-hybridized carbons (Fsp3) is 0.357. The highest BCUT2D eigenvalue weighted by atomic mass is 35.5. The van der Waals surface area contributed by atoms with E-state index in [4.69, 9.17) is 4.74 Å². The minimum absolute atomic E-state index is 0. The van der Waals surface area contributed by atoms with E-state index in [1.165, 1.54) is 52.8 Å². The lowest BCUT2D eigenvalue weighted by Crippen LogP contribution is -2.26. The van der Waals surface area contributed by atoms with E-state index in [1.807, 2.05) is 0 Å². The molecule has 0 bridgehead atoms. The van der Waals surface area contributed by atoms with E-state index in [0.717, 1.165) is 24.5 Å². The summed E-state index contributed by atoms with van der Waals surface area (Å²) < 4.78 is 6.12.